The molecule has 2 aromatic carbocycles. The lowest BCUT2D eigenvalue weighted by molar-refractivity contribution is 0.305. The summed E-state index contributed by atoms with van der Waals surface area (Å²) in [5, 5.41) is 3.50. The summed E-state index contributed by atoms with van der Waals surface area (Å²) in [5.41, 5.74) is 2.31. The van der Waals surface area contributed by atoms with Gasteiger partial charge in [-0.3, -0.25) is 0 Å². The van der Waals surface area contributed by atoms with E-state index in [1.807, 2.05) is 54.3 Å². The Labute approximate surface area is 143 Å². The minimum Gasteiger partial charge on any atom is -0.489 e. The van der Waals surface area contributed by atoms with Crippen molar-refractivity contribution in [1.29, 1.82) is 0 Å². The molecule has 124 valence electrons. The second kappa shape index (κ2) is 7.79. The molecule has 0 fully saturated rings. The third kappa shape index (κ3) is 3.84. The Morgan fingerprint density at radius 1 is 1.12 bits per heavy atom. The molecule has 0 aliphatic rings. The predicted molar refractivity (Wildman–Crippen MR) is 95.9 cm³/mol. The maximum absolute atomic E-state index is 5.95. The van der Waals surface area contributed by atoms with Crippen molar-refractivity contribution in [3.8, 4) is 5.75 Å². The SMILES string of the molecule is CCNC(c1cccc(OCc2ccccc2)c1)c1nccn1C. The molecule has 0 saturated carbocycles. The number of aryl methyl sites for hydroxylation is 1. The number of hydrogen-bond acceptors (Lipinski definition) is 3. The average Bonchev–Trinajstić information content (AvgIpc) is 3.05. The first-order chi connectivity index (χ1) is 11.8. The molecule has 3 aromatic rings. The predicted octanol–water partition coefficient (Wildman–Crippen LogP) is 3.70. The number of benzene rings is 2. The summed E-state index contributed by atoms with van der Waals surface area (Å²) in [6, 6.07) is 18.5. The maximum atomic E-state index is 5.95. The zero-order chi connectivity index (χ0) is 16.8. The third-order valence-corrected chi connectivity index (χ3v) is 3.96. The fourth-order valence-corrected chi connectivity index (χ4v) is 2.74. The average molecular weight is 321 g/mol. The van der Waals surface area contributed by atoms with Crippen molar-refractivity contribution in [2.45, 2.75) is 19.6 Å². The second-order valence-corrected chi connectivity index (χ2v) is 5.73. The quantitative estimate of drug-likeness (QED) is 0.721. The van der Waals surface area contributed by atoms with Gasteiger partial charge in [0, 0.05) is 19.4 Å². The molecule has 3 rings (SSSR count). The van der Waals surface area contributed by atoms with Gasteiger partial charge in [0.25, 0.3) is 0 Å². The van der Waals surface area contributed by atoms with Crippen LogP contribution < -0.4 is 10.1 Å². The van der Waals surface area contributed by atoms with Crippen LogP contribution in [0.15, 0.2) is 67.0 Å². The third-order valence-electron chi connectivity index (χ3n) is 3.96. The van der Waals surface area contributed by atoms with Crippen LogP contribution in [0.2, 0.25) is 0 Å². The van der Waals surface area contributed by atoms with E-state index in [9.17, 15) is 0 Å². The van der Waals surface area contributed by atoms with Crippen molar-refractivity contribution in [2.75, 3.05) is 6.54 Å². The van der Waals surface area contributed by atoms with Gasteiger partial charge < -0.3 is 14.6 Å². The highest BCUT2D eigenvalue weighted by Crippen LogP contribution is 2.24. The maximum Gasteiger partial charge on any atom is 0.130 e. The first kappa shape index (κ1) is 16.3. The van der Waals surface area contributed by atoms with Gasteiger partial charge in [0.05, 0.1) is 6.04 Å². The zero-order valence-electron chi connectivity index (χ0n) is 14.1. The van der Waals surface area contributed by atoms with Crippen molar-refractivity contribution in [3.05, 3.63) is 83.9 Å². The van der Waals surface area contributed by atoms with Gasteiger partial charge in [-0.05, 0) is 29.8 Å². The Hall–Kier alpha value is -2.59. The zero-order valence-corrected chi connectivity index (χ0v) is 14.1. The molecule has 0 radical (unpaired) electrons. The first-order valence-corrected chi connectivity index (χ1v) is 8.25. The summed E-state index contributed by atoms with van der Waals surface area (Å²) in [6.45, 7) is 3.54. The molecule has 0 spiro atoms. The molecule has 4 nitrogen and oxygen atoms in total. The summed E-state index contributed by atoms with van der Waals surface area (Å²) in [4.78, 5) is 4.49. The van der Waals surface area contributed by atoms with Crippen molar-refractivity contribution < 1.29 is 4.74 Å². The Morgan fingerprint density at radius 2 is 1.96 bits per heavy atom. The van der Waals surface area contributed by atoms with E-state index < -0.39 is 0 Å². The summed E-state index contributed by atoms with van der Waals surface area (Å²) in [7, 11) is 2.02. The fraction of sp³-hybridized carbons (Fsp3) is 0.250. The van der Waals surface area contributed by atoms with Gasteiger partial charge in [-0.15, -0.1) is 0 Å². The number of nitrogens with one attached hydrogen (secondary N) is 1. The highest BCUT2D eigenvalue weighted by Gasteiger charge is 2.17. The Kier molecular flexibility index (Phi) is 5.29. The van der Waals surface area contributed by atoms with Crippen LogP contribution in [0.3, 0.4) is 0 Å². The van der Waals surface area contributed by atoms with Gasteiger partial charge in [-0.2, -0.15) is 0 Å². The lowest BCUT2D eigenvalue weighted by Crippen LogP contribution is -2.24. The standard InChI is InChI=1S/C20H23N3O/c1-3-21-19(20-22-12-13-23(20)2)17-10-7-11-18(14-17)24-15-16-8-5-4-6-9-16/h4-14,19,21H,3,15H2,1-2H3. The second-order valence-electron chi connectivity index (χ2n) is 5.73. The molecule has 0 bridgehead atoms. The van der Waals surface area contributed by atoms with Gasteiger partial charge in [0.1, 0.15) is 18.2 Å². The molecular weight excluding hydrogens is 298 g/mol. The smallest absolute Gasteiger partial charge is 0.130 e. The Bertz CT molecular complexity index is 767. The monoisotopic (exact) mass is 321 g/mol. The van der Waals surface area contributed by atoms with Crippen LogP contribution in [0.5, 0.6) is 5.75 Å². The van der Waals surface area contributed by atoms with Crippen LogP contribution >= 0.6 is 0 Å². The first-order valence-electron chi connectivity index (χ1n) is 8.25. The summed E-state index contributed by atoms with van der Waals surface area (Å²) >= 11 is 0. The molecule has 0 saturated heterocycles. The molecular formula is C20H23N3O. The molecule has 0 aliphatic carbocycles. The number of imidazole rings is 1. The fourth-order valence-electron chi connectivity index (χ4n) is 2.74. The molecule has 1 N–H and O–H groups in total. The van der Waals surface area contributed by atoms with Crippen LogP contribution in [-0.4, -0.2) is 16.1 Å². The summed E-state index contributed by atoms with van der Waals surface area (Å²) in [5.74, 6) is 1.87. The van der Waals surface area contributed by atoms with Gasteiger partial charge in [0.2, 0.25) is 0 Å². The van der Waals surface area contributed by atoms with Gasteiger partial charge >= 0.3 is 0 Å². The van der Waals surface area contributed by atoms with Gasteiger partial charge in [-0.1, -0.05) is 49.4 Å². The molecule has 4 heteroatoms. The van der Waals surface area contributed by atoms with E-state index in [1.165, 1.54) is 0 Å². The van der Waals surface area contributed by atoms with Crippen LogP contribution in [0.4, 0.5) is 0 Å². The summed E-state index contributed by atoms with van der Waals surface area (Å²) < 4.78 is 8.00. The molecule has 1 aromatic heterocycles. The Morgan fingerprint density at radius 3 is 2.67 bits per heavy atom. The van der Waals surface area contributed by atoms with E-state index in [-0.39, 0.29) is 6.04 Å². The molecule has 24 heavy (non-hydrogen) atoms. The summed E-state index contributed by atoms with van der Waals surface area (Å²) in [6.07, 6.45) is 3.80. The van der Waals surface area contributed by atoms with Crippen LogP contribution in [0, 0.1) is 0 Å². The number of hydrogen-bond donors (Lipinski definition) is 1. The van der Waals surface area contributed by atoms with E-state index in [0.717, 1.165) is 29.2 Å². The number of aromatic nitrogens is 2. The minimum atomic E-state index is 0.0512. The molecule has 1 unspecified atom stereocenters. The lowest BCUT2D eigenvalue weighted by Gasteiger charge is -2.19. The van der Waals surface area contributed by atoms with Gasteiger partial charge in [0.15, 0.2) is 0 Å². The van der Waals surface area contributed by atoms with E-state index in [1.54, 1.807) is 0 Å². The highest BCUT2D eigenvalue weighted by atomic mass is 16.5. The van der Waals surface area contributed by atoms with Crippen molar-refractivity contribution in [2.24, 2.45) is 7.05 Å². The van der Waals surface area contributed by atoms with Crippen molar-refractivity contribution in [1.82, 2.24) is 14.9 Å². The van der Waals surface area contributed by atoms with Gasteiger partial charge in [-0.25, -0.2) is 4.98 Å². The highest BCUT2D eigenvalue weighted by molar-refractivity contribution is 5.34. The van der Waals surface area contributed by atoms with E-state index in [0.29, 0.717) is 6.61 Å². The Balaban J connectivity index is 1.79. The van der Waals surface area contributed by atoms with E-state index in [2.05, 4.69) is 41.5 Å². The van der Waals surface area contributed by atoms with E-state index in [4.69, 9.17) is 4.74 Å². The lowest BCUT2D eigenvalue weighted by atomic mass is 10.1. The topological polar surface area (TPSA) is 39.1 Å². The normalized spacial score (nSPS) is 12.1. The van der Waals surface area contributed by atoms with Crippen LogP contribution in [0.25, 0.3) is 0 Å². The van der Waals surface area contributed by atoms with Crippen LogP contribution in [0.1, 0.15) is 29.9 Å². The van der Waals surface area contributed by atoms with Crippen molar-refractivity contribution >= 4 is 0 Å². The number of rotatable bonds is 7. The molecule has 1 atom stereocenters. The molecule has 0 aliphatic heterocycles. The minimum absolute atomic E-state index is 0.0512. The van der Waals surface area contributed by atoms with Crippen LogP contribution in [-0.2, 0) is 13.7 Å². The molecule has 0 amide bonds. The molecule has 1 heterocycles. The van der Waals surface area contributed by atoms with E-state index >= 15 is 0 Å². The number of ether oxygens (including phenoxy) is 1. The van der Waals surface area contributed by atoms with Crippen molar-refractivity contribution in [3.63, 3.8) is 0 Å². The number of nitrogens with zero attached hydrogens (tertiary/aromatic N) is 2. The largest absolute Gasteiger partial charge is 0.489 e.